The van der Waals surface area contributed by atoms with Crippen LogP contribution in [-0.4, -0.2) is 58.6 Å². The molecule has 4 aromatic carbocycles. The van der Waals surface area contributed by atoms with Gasteiger partial charge in [-0.1, -0.05) is 72.8 Å². The van der Waals surface area contributed by atoms with E-state index in [2.05, 4.69) is 133 Å². The number of carbonyl (C=O) groups excluding carboxylic acids is 1. The van der Waals surface area contributed by atoms with Crippen molar-refractivity contribution in [3.8, 4) is 0 Å². The van der Waals surface area contributed by atoms with E-state index in [4.69, 9.17) is 10.5 Å². The van der Waals surface area contributed by atoms with Gasteiger partial charge in [0, 0.05) is 34.6 Å². The van der Waals surface area contributed by atoms with E-state index in [1.807, 2.05) is 0 Å². The second-order valence-electron chi connectivity index (χ2n) is 8.55. The fraction of sp³-hybridized carbons (Fsp3) is 0.194. The van der Waals surface area contributed by atoms with Crippen LogP contribution < -0.4 is 27.0 Å². The molecule has 0 aromatic heterocycles. The molecule has 0 fully saturated rings. The molecule has 4 rings (SSSR count). The Morgan fingerprint density at radius 1 is 0.526 bits per heavy atom. The molecular formula is C31H37BN2OP2Ru+4. The zero-order valence-electron chi connectivity index (χ0n) is 21.7. The van der Waals surface area contributed by atoms with E-state index in [0.717, 1.165) is 19.6 Å². The van der Waals surface area contributed by atoms with Gasteiger partial charge >= 0.3 is 19.5 Å². The zero-order chi connectivity index (χ0) is 25.4. The zero-order valence-corrected chi connectivity index (χ0v) is 25.5. The summed E-state index contributed by atoms with van der Waals surface area (Å²) in [5.74, 6) is 0. The van der Waals surface area contributed by atoms with Gasteiger partial charge < -0.3 is 10.5 Å². The number of hydrogen-bond acceptors (Lipinski definition) is 3. The van der Waals surface area contributed by atoms with Crippen LogP contribution in [0.2, 0.25) is 0 Å². The van der Waals surface area contributed by atoms with Crippen LogP contribution in [0.4, 0.5) is 0 Å². The van der Waals surface area contributed by atoms with Crippen molar-refractivity contribution in [2.24, 2.45) is 5.73 Å². The molecule has 194 valence electrons. The predicted molar refractivity (Wildman–Crippen MR) is 169 cm³/mol. The molecule has 4 aromatic rings. The van der Waals surface area contributed by atoms with Crippen molar-refractivity contribution < 1.29 is 24.3 Å². The summed E-state index contributed by atoms with van der Waals surface area (Å²) in [4.78, 5) is 10.4. The molecule has 38 heavy (non-hydrogen) atoms. The summed E-state index contributed by atoms with van der Waals surface area (Å²) in [6.07, 6.45) is 2.38. The molecule has 0 unspecified atom stereocenters. The van der Waals surface area contributed by atoms with Crippen LogP contribution in [0.5, 0.6) is 0 Å². The van der Waals surface area contributed by atoms with Gasteiger partial charge in [-0.05, 0) is 48.5 Å². The minimum absolute atomic E-state index is 0. The fourth-order valence-corrected chi connectivity index (χ4v) is 9.81. The van der Waals surface area contributed by atoms with Crippen LogP contribution in [0.3, 0.4) is 0 Å². The number of nitrogens with two attached hydrogens (primary N) is 1. The number of hydrogen-bond donors (Lipinski definition) is 1. The van der Waals surface area contributed by atoms with Gasteiger partial charge in [0.25, 0.3) is 0 Å². The molecule has 2 N–H and O–H groups in total. The van der Waals surface area contributed by atoms with E-state index < -0.39 is 15.8 Å². The number of nitrogens with zero attached hydrogens (tertiary/aromatic N) is 1. The van der Waals surface area contributed by atoms with Crippen molar-refractivity contribution in [1.82, 2.24) is 4.90 Å². The van der Waals surface area contributed by atoms with Gasteiger partial charge in [0.05, 0.1) is 49.4 Å². The van der Waals surface area contributed by atoms with Crippen LogP contribution in [0.1, 0.15) is 0 Å². The minimum Gasteiger partial charge on any atom is -0.545 e. The van der Waals surface area contributed by atoms with E-state index in [9.17, 15) is 0 Å². The quantitative estimate of drug-likeness (QED) is 0.114. The molecule has 7 heteroatoms. The minimum atomic E-state index is -0.828. The van der Waals surface area contributed by atoms with Gasteiger partial charge in [0.15, 0.2) is 0 Å². The Balaban J connectivity index is 0.00000176. The smallest absolute Gasteiger partial charge is 0.545 e. The Morgan fingerprint density at radius 3 is 1.03 bits per heavy atom. The van der Waals surface area contributed by atoms with Crippen LogP contribution in [-0.2, 0) is 24.3 Å². The molecule has 0 spiro atoms. The predicted octanol–water partition coefficient (Wildman–Crippen LogP) is 3.32. The van der Waals surface area contributed by atoms with Crippen LogP contribution in [0.25, 0.3) is 0 Å². The molecule has 0 heterocycles. The maximum Gasteiger partial charge on any atom is 3.00 e. The Bertz CT molecular complexity index is 946. The Hall–Kier alpha value is -1.98. The van der Waals surface area contributed by atoms with Gasteiger partial charge in [0.2, 0.25) is 0 Å². The Morgan fingerprint density at radius 2 is 0.789 bits per heavy atom. The van der Waals surface area contributed by atoms with Crippen molar-refractivity contribution in [3.63, 3.8) is 0 Å². The summed E-state index contributed by atoms with van der Waals surface area (Å²) < 4.78 is 0. The first-order valence-corrected chi connectivity index (χ1v) is 15.9. The molecule has 0 atom stereocenters. The van der Waals surface area contributed by atoms with E-state index >= 15 is 0 Å². The summed E-state index contributed by atoms with van der Waals surface area (Å²) in [5, 5.41) is 5.96. The summed E-state index contributed by atoms with van der Waals surface area (Å²) in [7, 11) is -1.66. The van der Waals surface area contributed by atoms with Crippen molar-refractivity contribution in [3.05, 3.63) is 121 Å². The third kappa shape index (κ3) is 10.6. The third-order valence-corrected chi connectivity index (χ3v) is 11.9. The number of benzene rings is 4. The molecule has 0 aliphatic rings. The maximum absolute atomic E-state index is 7.75. The van der Waals surface area contributed by atoms with E-state index in [1.165, 1.54) is 33.5 Å². The average molecular weight is 627 g/mol. The largest absolute Gasteiger partial charge is 3.00 e. The van der Waals surface area contributed by atoms with E-state index in [0.29, 0.717) is 6.54 Å². The molecule has 4 radical (unpaired) electrons. The molecular weight excluding hydrogens is 590 g/mol. The normalized spacial score (nSPS) is 10.3. The van der Waals surface area contributed by atoms with Gasteiger partial charge in [0.1, 0.15) is 0 Å². The summed E-state index contributed by atoms with van der Waals surface area (Å²) >= 11 is 0. The van der Waals surface area contributed by atoms with Crippen LogP contribution >= 0.6 is 15.8 Å². The standard InChI is InChI=1S/C30H34N2P2.CHO.B.Ru/c31-21-22-32(23-25-33(27-13-5-1-6-14-27)28-15-7-2-8-16-28)24-26-34(29-17-9-3-10-18-29)30-19-11-4-12-20-30;1-2;;/h1-20H,21-26,31H2;1H;;/q;-1;;+3/p+2. The Kier molecular flexibility index (Phi) is 17.9. The van der Waals surface area contributed by atoms with E-state index in [1.54, 1.807) is 0 Å². The third-order valence-electron chi connectivity index (χ3n) is 6.29. The first kappa shape index (κ1) is 34.0. The van der Waals surface area contributed by atoms with Gasteiger partial charge in [-0.25, -0.2) is 0 Å². The second-order valence-corrected chi connectivity index (χ2v) is 13.8. The van der Waals surface area contributed by atoms with Crippen molar-refractivity contribution in [2.45, 2.75) is 0 Å². The van der Waals surface area contributed by atoms with Gasteiger partial charge in [-0.15, -0.1) is 0 Å². The monoisotopic (exact) mass is 628 g/mol. The molecule has 0 aliphatic heterocycles. The summed E-state index contributed by atoms with van der Waals surface area (Å²) in [6.45, 7) is 7.09. The molecule has 0 aliphatic carbocycles. The Labute approximate surface area is 246 Å². The molecule has 0 bridgehead atoms. The first-order chi connectivity index (χ1) is 17.8. The van der Waals surface area contributed by atoms with Crippen LogP contribution in [0, 0.1) is 0 Å². The SMILES string of the molecule is NCCN(CC[PH+](c1ccccc1)c1ccccc1)CC[PH+](c1ccccc1)c1ccccc1.[B].[CH-]=O.[Ru+3]. The maximum atomic E-state index is 7.75. The van der Waals surface area contributed by atoms with Crippen molar-refractivity contribution >= 4 is 52.3 Å². The van der Waals surface area contributed by atoms with Gasteiger partial charge in [-0.3, -0.25) is 11.7 Å². The van der Waals surface area contributed by atoms with Crippen molar-refractivity contribution in [2.75, 3.05) is 38.5 Å². The molecule has 0 saturated carbocycles. The van der Waals surface area contributed by atoms with Crippen molar-refractivity contribution in [1.29, 1.82) is 0 Å². The first-order valence-electron chi connectivity index (χ1n) is 12.4. The molecule has 0 saturated heterocycles. The van der Waals surface area contributed by atoms with Gasteiger partial charge in [-0.2, -0.15) is 0 Å². The topological polar surface area (TPSA) is 46.3 Å². The molecule has 3 nitrogen and oxygen atoms in total. The van der Waals surface area contributed by atoms with E-state index in [-0.39, 0.29) is 27.9 Å². The fourth-order valence-electron chi connectivity index (χ4n) is 4.53. The summed E-state index contributed by atoms with van der Waals surface area (Å²) in [6, 6.07) is 44.3. The second kappa shape index (κ2) is 20.0. The molecule has 0 amide bonds. The number of rotatable bonds is 12. The summed E-state index contributed by atoms with van der Waals surface area (Å²) in [5.41, 5.74) is 6.06. The van der Waals surface area contributed by atoms with Crippen LogP contribution in [0.15, 0.2) is 121 Å². The average Bonchev–Trinajstić information content (AvgIpc) is 2.96.